The average molecular weight is 205 g/mol. The number of hydrogen-bond donors (Lipinski definition) is 1. The van der Waals surface area contributed by atoms with Crippen LogP contribution in [-0.2, 0) is 0 Å². The van der Waals surface area contributed by atoms with Crippen LogP contribution in [0, 0.1) is 6.92 Å². The fourth-order valence-electron chi connectivity index (χ4n) is 1.95. The minimum atomic E-state index is 0.0144. The summed E-state index contributed by atoms with van der Waals surface area (Å²) in [5.41, 5.74) is 1.29. The predicted octanol–water partition coefficient (Wildman–Crippen LogP) is 2.52. The lowest BCUT2D eigenvalue weighted by molar-refractivity contribution is 0.0556. The molecular weight excluding hydrogens is 186 g/mol. The number of ether oxygens (including phenoxy) is 1. The molecule has 15 heavy (non-hydrogen) atoms. The molecule has 0 saturated carbocycles. The second kappa shape index (κ2) is 4.23. The summed E-state index contributed by atoms with van der Waals surface area (Å²) in [6.45, 7) is 6.41. The number of hydrogen-bond acceptors (Lipinski definition) is 2. The van der Waals surface area contributed by atoms with Crippen LogP contribution in [-0.4, -0.2) is 18.7 Å². The van der Waals surface area contributed by atoms with E-state index in [4.69, 9.17) is 4.74 Å². The number of rotatable bonds is 2. The van der Waals surface area contributed by atoms with Gasteiger partial charge in [0.25, 0.3) is 0 Å². The van der Waals surface area contributed by atoms with E-state index in [1.807, 2.05) is 0 Å². The Hall–Kier alpha value is -1.02. The predicted molar refractivity (Wildman–Crippen MR) is 62.3 cm³/mol. The molecule has 1 aliphatic rings. The topological polar surface area (TPSA) is 21.3 Å². The van der Waals surface area contributed by atoms with E-state index in [0.717, 1.165) is 31.7 Å². The number of aryl methyl sites for hydroxylation is 1. The Morgan fingerprint density at radius 2 is 1.73 bits per heavy atom. The Bertz CT molecular complexity index is 312. The smallest absolute Gasteiger partial charge is 0.120 e. The molecule has 82 valence electrons. The van der Waals surface area contributed by atoms with Crippen LogP contribution in [0.2, 0.25) is 0 Å². The molecule has 2 heteroatoms. The first kappa shape index (κ1) is 10.5. The van der Waals surface area contributed by atoms with Gasteiger partial charge in [-0.25, -0.2) is 0 Å². The van der Waals surface area contributed by atoms with Crippen molar-refractivity contribution in [3.8, 4) is 5.75 Å². The van der Waals surface area contributed by atoms with E-state index in [-0.39, 0.29) is 5.60 Å². The Morgan fingerprint density at radius 3 is 2.33 bits per heavy atom. The van der Waals surface area contributed by atoms with Crippen LogP contribution in [0.3, 0.4) is 0 Å². The third-order valence-corrected chi connectivity index (χ3v) is 3.05. The highest BCUT2D eigenvalue weighted by Crippen LogP contribution is 2.25. The van der Waals surface area contributed by atoms with E-state index in [1.54, 1.807) is 0 Å². The van der Waals surface area contributed by atoms with Gasteiger partial charge in [-0.2, -0.15) is 0 Å². The summed E-state index contributed by atoms with van der Waals surface area (Å²) in [4.78, 5) is 0. The quantitative estimate of drug-likeness (QED) is 0.801. The molecule has 1 aromatic rings. The summed E-state index contributed by atoms with van der Waals surface area (Å²) in [6, 6.07) is 8.31. The minimum absolute atomic E-state index is 0.0144. The van der Waals surface area contributed by atoms with E-state index in [0.29, 0.717) is 0 Å². The maximum absolute atomic E-state index is 6.06. The van der Waals surface area contributed by atoms with Crippen molar-refractivity contribution in [2.24, 2.45) is 0 Å². The summed E-state index contributed by atoms with van der Waals surface area (Å²) in [5, 5.41) is 3.35. The summed E-state index contributed by atoms with van der Waals surface area (Å²) in [6.07, 6.45) is 2.17. The SMILES string of the molecule is Cc1ccc(OC2(C)CCNCC2)cc1. The lowest BCUT2D eigenvalue weighted by Gasteiger charge is -2.34. The number of benzene rings is 1. The highest BCUT2D eigenvalue weighted by molar-refractivity contribution is 5.27. The molecule has 0 atom stereocenters. The Morgan fingerprint density at radius 1 is 1.13 bits per heavy atom. The fraction of sp³-hybridized carbons (Fsp3) is 0.538. The van der Waals surface area contributed by atoms with Gasteiger partial charge in [0.05, 0.1) is 0 Å². The maximum Gasteiger partial charge on any atom is 0.120 e. The van der Waals surface area contributed by atoms with Gasteiger partial charge in [-0.1, -0.05) is 17.7 Å². The van der Waals surface area contributed by atoms with Crippen LogP contribution in [0.15, 0.2) is 24.3 Å². The molecule has 0 unspecified atom stereocenters. The molecule has 1 aromatic carbocycles. The Labute approximate surface area is 91.6 Å². The molecule has 2 rings (SSSR count). The Balaban J connectivity index is 2.03. The first-order chi connectivity index (χ1) is 7.18. The van der Waals surface area contributed by atoms with Crippen molar-refractivity contribution in [1.82, 2.24) is 5.32 Å². The van der Waals surface area contributed by atoms with E-state index in [1.165, 1.54) is 5.56 Å². The van der Waals surface area contributed by atoms with Crippen LogP contribution in [0.4, 0.5) is 0 Å². The summed E-state index contributed by atoms with van der Waals surface area (Å²) in [5.74, 6) is 0.991. The van der Waals surface area contributed by atoms with Gasteiger partial charge in [0.2, 0.25) is 0 Å². The van der Waals surface area contributed by atoms with Crippen molar-refractivity contribution in [3.63, 3.8) is 0 Å². The second-order valence-electron chi connectivity index (χ2n) is 4.62. The third-order valence-electron chi connectivity index (χ3n) is 3.05. The molecular formula is C13H19NO. The van der Waals surface area contributed by atoms with Gasteiger partial charge in [0, 0.05) is 0 Å². The van der Waals surface area contributed by atoms with Gasteiger partial charge in [0.15, 0.2) is 0 Å². The van der Waals surface area contributed by atoms with E-state index >= 15 is 0 Å². The first-order valence-corrected chi connectivity index (χ1v) is 5.64. The summed E-state index contributed by atoms with van der Waals surface area (Å²) >= 11 is 0. The second-order valence-corrected chi connectivity index (χ2v) is 4.62. The largest absolute Gasteiger partial charge is 0.487 e. The van der Waals surface area contributed by atoms with Gasteiger partial charge in [0.1, 0.15) is 11.4 Å². The normalized spacial score (nSPS) is 19.9. The van der Waals surface area contributed by atoms with Crippen LogP contribution in [0.5, 0.6) is 5.75 Å². The maximum atomic E-state index is 6.06. The first-order valence-electron chi connectivity index (χ1n) is 5.64. The molecule has 0 aliphatic carbocycles. The molecule has 1 fully saturated rings. The number of piperidine rings is 1. The van der Waals surface area contributed by atoms with Crippen molar-refractivity contribution in [3.05, 3.63) is 29.8 Å². The van der Waals surface area contributed by atoms with E-state index in [9.17, 15) is 0 Å². The molecule has 0 bridgehead atoms. The zero-order valence-corrected chi connectivity index (χ0v) is 9.55. The van der Waals surface area contributed by atoms with Crippen molar-refractivity contribution >= 4 is 0 Å². The molecule has 1 saturated heterocycles. The number of nitrogens with one attached hydrogen (secondary N) is 1. The van der Waals surface area contributed by atoms with E-state index < -0.39 is 0 Å². The van der Waals surface area contributed by atoms with Gasteiger partial charge in [-0.05, 0) is 51.9 Å². The van der Waals surface area contributed by atoms with Crippen molar-refractivity contribution in [2.45, 2.75) is 32.3 Å². The molecule has 0 amide bonds. The van der Waals surface area contributed by atoms with E-state index in [2.05, 4.69) is 43.4 Å². The lowest BCUT2D eigenvalue weighted by atomic mass is 9.94. The average Bonchev–Trinajstić information content (AvgIpc) is 2.22. The van der Waals surface area contributed by atoms with Gasteiger partial charge in [-0.15, -0.1) is 0 Å². The highest BCUT2D eigenvalue weighted by Gasteiger charge is 2.28. The van der Waals surface area contributed by atoms with Gasteiger partial charge < -0.3 is 10.1 Å². The molecule has 1 aliphatic heterocycles. The Kier molecular flexibility index (Phi) is 2.96. The minimum Gasteiger partial charge on any atom is -0.487 e. The lowest BCUT2D eigenvalue weighted by Crippen LogP contribution is -2.43. The zero-order valence-electron chi connectivity index (χ0n) is 9.55. The summed E-state index contributed by atoms with van der Waals surface area (Å²) < 4.78 is 6.06. The monoisotopic (exact) mass is 205 g/mol. The molecule has 1 heterocycles. The van der Waals surface area contributed by atoms with Crippen LogP contribution in [0.1, 0.15) is 25.3 Å². The van der Waals surface area contributed by atoms with Crippen molar-refractivity contribution in [1.29, 1.82) is 0 Å². The third kappa shape index (κ3) is 2.72. The molecule has 2 nitrogen and oxygen atoms in total. The van der Waals surface area contributed by atoms with Crippen molar-refractivity contribution < 1.29 is 4.74 Å². The molecule has 0 aromatic heterocycles. The molecule has 0 spiro atoms. The zero-order chi connectivity index (χ0) is 10.7. The molecule has 1 N–H and O–H groups in total. The van der Waals surface area contributed by atoms with Gasteiger partial charge >= 0.3 is 0 Å². The van der Waals surface area contributed by atoms with Crippen LogP contribution >= 0.6 is 0 Å². The van der Waals surface area contributed by atoms with Crippen molar-refractivity contribution in [2.75, 3.05) is 13.1 Å². The molecule has 0 radical (unpaired) electrons. The van der Waals surface area contributed by atoms with Crippen LogP contribution in [0.25, 0.3) is 0 Å². The van der Waals surface area contributed by atoms with Gasteiger partial charge in [-0.3, -0.25) is 0 Å². The summed E-state index contributed by atoms with van der Waals surface area (Å²) in [7, 11) is 0. The van der Waals surface area contributed by atoms with Crippen LogP contribution < -0.4 is 10.1 Å². The standard InChI is InChI=1S/C13H19NO/c1-11-3-5-12(6-4-11)15-13(2)7-9-14-10-8-13/h3-6,14H,7-10H2,1-2H3. The fourth-order valence-corrected chi connectivity index (χ4v) is 1.95. The highest BCUT2D eigenvalue weighted by atomic mass is 16.5.